The molecule has 1 N–H and O–H groups in total. The second-order valence-electron chi connectivity index (χ2n) is 7.18. The van der Waals surface area contributed by atoms with Crippen molar-refractivity contribution < 1.29 is 18.0 Å². The van der Waals surface area contributed by atoms with Crippen LogP contribution in [0.3, 0.4) is 0 Å². The average molecular weight is 491 g/mol. The fraction of sp³-hybridized carbons (Fsp3) is 0.130. The van der Waals surface area contributed by atoms with Crippen LogP contribution in [0.25, 0.3) is 0 Å². The molecule has 6 nitrogen and oxygen atoms in total. The smallest absolute Gasteiger partial charge is 0.265 e. The molecule has 0 radical (unpaired) electrons. The Bertz CT molecular complexity index is 1240. The van der Waals surface area contributed by atoms with Gasteiger partial charge in [-0.1, -0.05) is 66.5 Å². The Morgan fingerprint density at radius 1 is 1.00 bits per heavy atom. The van der Waals surface area contributed by atoms with Crippen molar-refractivity contribution in [3.63, 3.8) is 0 Å². The van der Waals surface area contributed by atoms with Crippen LogP contribution < -0.4 is 9.56 Å². The molecule has 0 fully saturated rings. The van der Waals surface area contributed by atoms with Gasteiger partial charge in [0.15, 0.2) is 5.75 Å². The third kappa shape index (κ3) is 6.09. The highest BCUT2D eigenvalue weighted by Gasteiger charge is 2.21. The lowest BCUT2D eigenvalue weighted by Gasteiger charge is -2.09. The Morgan fingerprint density at radius 3 is 2.25 bits per heavy atom. The quantitative estimate of drug-likeness (QED) is 0.342. The predicted octanol–water partition coefficient (Wildman–Crippen LogP) is 5.65. The van der Waals surface area contributed by atoms with Gasteiger partial charge in [-0.05, 0) is 59.5 Å². The Morgan fingerprint density at radius 2 is 1.66 bits per heavy atom. The van der Waals surface area contributed by atoms with Crippen LogP contribution in [0, 0.1) is 0 Å². The summed E-state index contributed by atoms with van der Waals surface area (Å²) in [5, 5.41) is 4.13. The highest BCUT2D eigenvalue weighted by Crippen LogP contribution is 2.25. The lowest BCUT2D eigenvalue weighted by Crippen LogP contribution is -2.30. The van der Waals surface area contributed by atoms with Crippen LogP contribution in [-0.2, 0) is 10.0 Å². The minimum Gasteiger partial charge on any atom is -0.357 e. The summed E-state index contributed by atoms with van der Waals surface area (Å²) in [4.78, 5) is 17.4. The number of hydrogen-bond donors (Lipinski definition) is 1. The standard InChI is InChI=1S/C23H20Cl2N2O4S/c1-15(2)17-5-3-16(4-6-17)14-26-31-20-10-7-18(8-11-20)23(28)27-32(29,30)22-12-9-19(24)13-21(22)25/h3-15H,1-2H3,(H,27,28)/b26-14+. The number of oxime groups is 1. The number of nitrogens with zero attached hydrogens (tertiary/aromatic N) is 1. The maximum Gasteiger partial charge on any atom is 0.265 e. The Balaban J connectivity index is 1.62. The number of rotatable bonds is 7. The Hall–Kier alpha value is -2.87. The molecule has 0 aromatic heterocycles. The van der Waals surface area contributed by atoms with Crippen molar-refractivity contribution in [2.75, 3.05) is 0 Å². The van der Waals surface area contributed by atoms with Crippen LogP contribution in [-0.4, -0.2) is 20.5 Å². The van der Waals surface area contributed by atoms with Crippen molar-refractivity contribution >= 4 is 45.3 Å². The van der Waals surface area contributed by atoms with E-state index in [0.717, 1.165) is 5.56 Å². The minimum absolute atomic E-state index is 0.0849. The molecule has 3 rings (SSSR count). The zero-order valence-corrected chi connectivity index (χ0v) is 19.6. The molecule has 3 aromatic carbocycles. The van der Waals surface area contributed by atoms with Gasteiger partial charge in [-0.2, -0.15) is 0 Å². The van der Waals surface area contributed by atoms with Gasteiger partial charge in [0.2, 0.25) is 0 Å². The molecule has 0 aliphatic rings. The van der Waals surface area contributed by atoms with E-state index in [2.05, 4.69) is 19.0 Å². The zero-order chi connectivity index (χ0) is 23.3. The number of carbonyl (C=O) groups excluding carboxylic acids is 1. The van der Waals surface area contributed by atoms with Crippen molar-refractivity contribution in [1.29, 1.82) is 0 Å². The first-order valence-electron chi connectivity index (χ1n) is 9.58. The molecule has 3 aromatic rings. The van der Waals surface area contributed by atoms with Crippen LogP contribution >= 0.6 is 23.2 Å². The van der Waals surface area contributed by atoms with Gasteiger partial charge in [-0.3, -0.25) is 4.79 Å². The van der Waals surface area contributed by atoms with Gasteiger partial charge in [0.1, 0.15) is 4.90 Å². The van der Waals surface area contributed by atoms with E-state index < -0.39 is 15.9 Å². The SMILES string of the molecule is CC(C)c1ccc(/C=N/Oc2ccc(C(=O)NS(=O)(=O)c3ccc(Cl)cc3Cl)cc2)cc1. The fourth-order valence-electron chi connectivity index (χ4n) is 2.71. The van der Waals surface area contributed by atoms with E-state index in [1.807, 2.05) is 29.0 Å². The Kier molecular flexibility index (Phi) is 7.56. The molecule has 32 heavy (non-hydrogen) atoms. The molecule has 0 aliphatic heterocycles. The van der Waals surface area contributed by atoms with Gasteiger partial charge in [0, 0.05) is 10.6 Å². The highest BCUT2D eigenvalue weighted by atomic mass is 35.5. The van der Waals surface area contributed by atoms with E-state index >= 15 is 0 Å². The third-order valence-corrected chi connectivity index (χ3v) is 6.54. The van der Waals surface area contributed by atoms with Crippen LogP contribution in [0.4, 0.5) is 0 Å². The van der Waals surface area contributed by atoms with E-state index in [-0.39, 0.29) is 20.5 Å². The van der Waals surface area contributed by atoms with Crippen molar-refractivity contribution in [1.82, 2.24) is 4.72 Å². The average Bonchev–Trinajstić information content (AvgIpc) is 2.74. The lowest BCUT2D eigenvalue weighted by molar-refractivity contribution is 0.0981. The number of hydrogen-bond acceptors (Lipinski definition) is 5. The molecule has 0 aliphatic carbocycles. The summed E-state index contributed by atoms with van der Waals surface area (Å²) in [5.74, 6) is 0.0302. The minimum atomic E-state index is -4.16. The molecule has 0 unspecified atom stereocenters. The molecule has 166 valence electrons. The number of benzene rings is 3. The first kappa shape index (κ1) is 23.8. The zero-order valence-electron chi connectivity index (χ0n) is 17.2. The molecule has 0 spiro atoms. The van der Waals surface area contributed by atoms with Gasteiger partial charge in [0.25, 0.3) is 15.9 Å². The molecule has 0 heterocycles. The number of halogens is 2. The first-order valence-corrected chi connectivity index (χ1v) is 11.8. The van der Waals surface area contributed by atoms with Gasteiger partial charge >= 0.3 is 0 Å². The number of nitrogens with one attached hydrogen (secondary N) is 1. The van der Waals surface area contributed by atoms with Crippen LogP contribution in [0.1, 0.15) is 41.3 Å². The second kappa shape index (κ2) is 10.2. The normalized spacial score (nSPS) is 11.7. The summed E-state index contributed by atoms with van der Waals surface area (Å²) in [7, 11) is -4.16. The fourth-order valence-corrected chi connectivity index (χ4v) is 4.46. The second-order valence-corrected chi connectivity index (χ2v) is 9.68. The summed E-state index contributed by atoms with van der Waals surface area (Å²) in [6.45, 7) is 4.25. The molecular weight excluding hydrogens is 471 g/mol. The number of carbonyl (C=O) groups is 1. The summed E-state index contributed by atoms with van der Waals surface area (Å²) in [6.07, 6.45) is 1.58. The highest BCUT2D eigenvalue weighted by molar-refractivity contribution is 7.90. The molecular formula is C23H20Cl2N2O4S. The first-order chi connectivity index (χ1) is 15.2. The molecule has 0 atom stereocenters. The van der Waals surface area contributed by atoms with E-state index in [4.69, 9.17) is 28.0 Å². The van der Waals surface area contributed by atoms with Gasteiger partial charge in [-0.15, -0.1) is 0 Å². The van der Waals surface area contributed by atoms with Crippen molar-refractivity contribution in [3.05, 3.63) is 93.5 Å². The monoisotopic (exact) mass is 490 g/mol. The maximum atomic E-state index is 12.4. The lowest BCUT2D eigenvalue weighted by atomic mass is 10.0. The summed E-state index contributed by atoms with van der Waals surface area (Å²) < 4.78 is 26.9. The van der Waals surface area contributed by atoms with E-state index in [1.165, 1.54) is 48.0 Å². The molecule has 0 saturated carbocycles. The summed E-state index contributed by atoms with van der Waals surface area (Å²) in [5.41, 5.74) is 2.24. The topological polar surface area (TPSA) is 84.8 Å². The molecule has 0 saturated heterocycles. The van der Waals surface area contributed by atoms with E-state index in [1.54, 1.807) is 6.21 Å². The van der Waals surface area contributed by atoms with Crippen molar-refractivity contribution in [2.24, 2.45) is 5.16 Å². The van der Waals surface area contributed by atoms with Crippen molar-refractivity contribution in [2.45, 2.75) is 24.7 Å². The summed E-state index contributed by atoms with van der Waals surface area (Å²) >= 11 is 11.7. The van der Waals surface area contributed by atoms with Crippen molar-refractivity contribution in [3.8, 4) is 5.75 Å². The van der Waals surface area contributed by atoms with E-state index in [0.29, 0.717) is 11.7 Å². The molecule has 0 bridgehead atoms. The Labute approximate surface area is 196 Å². The molecule has 9 heteroatoms. The maximum absolute atomic E-state index is 12.4. The summed E-state index contributed by atoms with van der Waals surface area (Å²) in [6, 6.07) is 17.7. The van der Waals surface area contributed by atoms with E-state index in [9.17, 15) is 13.2 Å². The predicted molar refractivity (Wildman–Crippen MR) is 126 cm³/mol. The van der Waals surface area contributed by atoms with Gasteiger partial charge in [0.05, 0.1) is 11.2 Å². The van der Waals surface area contributed by atoms with Crippen LogP contribution in [0.2, 0.25) is 10.0 Å². The largest absolute Gasteiger partial charge is 0.357 e. The number of sulfonamides is 1. The van der Waals surface area contributed by atoms with Gasteiger partial charge in [-0.25, -0.2) is 13.1 Å². The van der Waals surface area contributed by atoms with Crippen LogP contribution in [0.5, 0.6) is 5.75 Å². The van der Waals surface area contributed by atoms with Crippen LogP contribution in [0.15, 0.2) is 76.8 Å². The number of amides is 1. The third-order valence-electron chi connectivity index (χ3n) is 4.49. The van der Waals surface area contributed by atoms with Gasteiger partial charge < -0.3 is 4.84 Å². The molecule has 1 amide bonds.